The van der Waals surface area contributed by atoms with Crippen LogP contribution in [0.3, 0.4) is 0 Å². The summed E-state index contributed by atoms with van der Waals surface area (Å²) in [7, 11) is 0. The maximum Gasteiger partial charge on any atom is 0.0343 e. The lowest BCUT2D eigenvalue weighted by Crippen LogP contribution is -1.90. The predicted octanol–water partition coefficient (Wildman–Crippen LogP) is 3.19. The molecular formula is C16H12. The average molecular weight is 204 g/mol. The van der Waals surface area contributed by atoms with Gasteiger partial charge in [0.1, 0.15) is 0 Å². The Morgan fingerprint density at radius 2 is 1.31 bits per heavy atom. The summed E-state index contributed by atoms with van der Waals surface area (Å²) in [5, 5.41) is 2.43. The average Bonchev–Trinajstić information content (AvgIpc) is 2.30. The fourth-order valence-corrected chi connectivity index (χ4v) is 2.02. The van der Waals surface area contributed by atoms with Crippen LogP contribution in [0.5, 0.6) is 0 Å². The van der Waals surface area contributed by atoms with Crippen LogP contribution in [-0.2, 0) is 12.8 Å². The summed E-state index contributed by atoms with van der Waals surface area (Å²) in [5.74, 6) is 5.39. The Morgan fingerprint density at radius 1 is 0.812 bits per heavy atom. The standard InChI is InChI=1S/C16H12/c1-3-7-13-9-5-11-15-12-6-10-14(8-4-2)16(13)15/h1-2,5-6,9-12H,7-8H2. The zero-order chi connectivity index (χ0) is 11.4. The minimum absolute atomic E-state index is 0.652. The summed E-state index contributed by atoms with van der Waals surface area (Å²) in [4.78, 5) is 0. The van der Waals surface area contributed by atoms with E-state index >= 15 is 0 Å². The van der Waals surface area contributed by atoms with E-state index in [-0.39, 0.29) is 0 Å². The molecule has 0 bridgehead atoms. The second-order valence-electron chi connectivity index (χ2n) is 3.69. The highest BCUT2D eigenvalue weighted by molar-refractivity contribution is 5.89. The molecule has 2 aromatic rings. The normalized spacial score (nSPS) is 9.62. The Morgan fingerprint density at radius 3 is 1.75 bits per heavy atom. The van der Waals surface area contributed by atoms with Crippen molar-refractivity contribution in [3.05, 3.63) is 47.5 Å². The largest absolute Gasteiger partial charge is 0.120 e. The van der Waals surface area contributed by atoms with Crippen LogP contribution >= 0.6 is 0 Å². The lowest BCUT2D eigenvalue weighted by atomic mass is 9.96. The van der Waals surface area contributed by atoms with Crippen LogP contribution in [0.4, 0.5) is 0 Å². The molecule has 0 saturated heterocycles. The molecule has 0 radical (unpaired) electrons. The number of benzene rings is 2. The maximum atomic E-state index is 5.39. The molecule has 0 aromatic heterocycles. The Bertz CT molecular complexity index is 541. The van der Waals surface area contributed by atoms with Crippen molar-refractivity contribution in [2.24, 2.45) is 0 Å². The van der Waals surface area contributed by atoms with Gasteiger partial charge in [0.15, 0.2) is 0 Å². The van der Waals surface area contributed by atoms with Crippen molar-refractivity contribution in [1.82, 2.24) is 0 Å². The Kier molecular flexibility index (Phi) is 2.95. The first-order chi connectivity index (χ1) is 7.86. The van der Waals surface area contributed by atoms with Crippen molar-refractivity contribution in [3.63, 3.8) is 0 Å². The van der Waals surface area contributed by atoms with Gasteiger partial charge in [-0.25, -0.2) is 0 Å². The molecule has 0 aliphatic carbocycles. The van der Waals surface area contributed by atoms with Crippen LogP contribution in [0.15, 0.2) is 36.4 Å². The molecule has 0 N–H and O–H groups in total. The van der Waals surface area contributed by atoms with Crippen molar-refractivity contribution < 1.29 is 0 Å². The molecule has 76 valence electrons. The van der Waals surface area contributed by atoms with E-state index < -0.39 is 0 Å². The predicted molar refractivity (Wildman–Crippen MR) is 69.0 cm³/mol. The smallest absolute Gasteiger partial charge is 0.0343 e. The number of hydrogen-bond donors (Lipinski definition) is 0. The molecule has 2 rings (SSSR count). The fraction of sp³-hybridized carbons (Fsp3) is 0.125. The quantitative estimate of drug-likeness (QED) is 0.659. The molecule has 0 amide bonds. The van der Waals surface area contributed by atoms with Gasteiger partial charge in [-0.3, -0.25) is 0 Å². The van der Waals surface area contributed by atoms with E-state index in [1.807, 2.05) is 12.1 Å². The molecule has 0 unspecified atom stereocenters. The molecule has 0 heteroatoms. The second-order valence-corrected chi connectivity index (χ2v) is 3.69. The van der Waals surface area contributed by atoms with Crippen molar-refractivity contribution >= 4 is 10.8 Å². The van der Waals surface area contributed by atoms with Gasteiger partial charge in [0.2, 0.25) is 0 Å². The highest BCUT2D eigenvalue weighted by atomic mass is 14.1. The number of rotatable bonds is 2. The third kappa shape index (κ3) is 1.79. The molecule has 0 spiro atoms. The zero-order valence-electron chi connectivity index (χ0n) is 9.03. The third-order valence-electron chi connectivity index (χ3n) is 2.66. The van der Waals surface area contributed by atoms with Crippen LogP contribution in [0, 0.1) is 24.7 Å². The van der Waals surface area contributed by atoms with E-state index in [0.717, 1.165) is 0 Å². The van der Waals surface area contributed by atoms with Gasteiger partial charge in [0, 0.05) is 12.8 Å². The fourth-order valence-electron chi connectivity index (χ4n) is 2.02. The van der Waals surface area contributed by atoms with Gasteiger partial charge in [-0.05, 0) is 21.9 Å². The van der Waals surface area contributed by atoms with Crippen molar-refractivity contribution in [2.45, 2.75) is 12.8 Å². The van der Waals surface area contributed by atoms with Crippen molar-refractivity contribution in [3.8, 4) is 24.7 Å². The Hall–Kier alpha value is -2.18. The van der Waals surface area contributed by atoms with E-state index in [1.165, 1.54) is 21.9 Å². The zero-order valence-corrected chi connectivity index (χ0v) is 9.03. The minimum Gasteiger partial charge on any atom is -0.120 e. The summed E-state index contributed by atoms with van der Waals surface area (Å²) >= 11 is 0. The molecule has 0 nitrogen and oxygen atoms in total. The monoisotopic (exact) mass is 204 g/mol. The summed E-state index contributed by atoms with van der Waals surface area (Å²) in [6.07, 6.45) is 12.1. The Labute approximate surface area is 96.3 Å². The highest BCUT2D eigenvalue weighted by Gasteiger charge is 2.04. The lowest BCUT2D eigenvalue weighted by molar-refractivity contribution is 1.30. The number of hydrogen-bond acceptors (Lipinski definition) is 0. The van der Waals surface area contributed by atoms with Gasteiger partial charge in [0.25, 0.3) is 0 Å². The molecule has 2 aromatic carbocycles. The maximum absolute atomic E-state index is 5.39. The summed E-state index contributed by atoms with van der Waals surface area (Å²) in [6.45, 7) is 0. The molecule has 0 saturated carbocycles. The summed E-state index contributed by atoms with van der Waals surface area (Å²) in [5.41, 5.74) is 2.37. The van der Waals surface area contributed by atoms with Crippen LogP contribution < -0.4 is 0 Å². The Balaban J connectivity index is 2.73. The third-order valence-corrected chi connectivity index (χ3v) is 2.66. The van der Waals surface area contributed by atoms with Gasteiger partial charge >= 0.3 is 0 Å². The van der Waals surface area contributed by atoms with E-state index in [9.17, 15) is 0 Å². The van der Waals surface area contributed by atoms with E-state index in [2.05, 4.69) is 36.1 Å². The van der Waals surface area contributed by atoms with Crippen LogP contribution in [0.25, 0.3) is 10.8 Å². The lowest BCUT2D eigenvalue weighted by Gasteiger charge is -2.08. The first-order valence-corrected chi connectivity index (χ1v) is 5.23. The van der Waals surface area contributed by atoms with Crippen molar-refractivity contribution in [1.29, 1.82) is 0 Å². The van der Waals surface area contributed by atoms with Crippen LogP contribution in [0.2, 0.25) is 0 Å². The molecular weight excluding hydrogens is 192 g/mol. The molecule has 16 heavy (non-hydrogen) atoms. The first kappa shape index (κ1) is 10.3. The van der Waals surface area contributed by atoms with Gasteiger partial charge in [0.05, 0.1) is 0 Å². The summed E-state index contributed by atoms with van der Waals surface area (Å²) in [6, 6.07) is 12.4. The first-order valence-electron chi connectivity index (χ1n) is 5.23. The van der Waals surface area contributed by atoms with Crippen molar-refractivity contribution in [2.75, 3.05) is 0 Å². The van der Waals surface area contributed by atoms with Crippen LogP contribution in [-0.4, -0.2) is 0 Å². The molecule has 0 heterocycles. The molecule has 0 atom stereocenters. The highest BCUT2D eigenvalue weighted by Crippen LogP contribution is 2.23. The van der Waals surface area contributed by atoms with Gasteiger partial charge in [-0.1, -0.05) is 36.4 Å². The number of fused-ring (bicyclic) bond motifs is 1. The van der Waals surface area contributed by atoms with Gasteiger partial charge < -0.3 is 0 Å². The van der Waals surface area contributed by atoms with E-state index in [1.54, 1.807) is 0 Å². The second kappa shape index (κ2) is 4.56. The summed E-state index contributed by atoms with van der Waals surface area (Å²) < 4.78 is 0. The van der Waals surface area contributed by atoms with E-state index in [4.69, 9.17) is 12.8 Å². The van der Waals surface area contributed by atoms with Gasteiger partial charge in [-0.15, -0.1) is 24.7 Å². The van der Waals surface area contributed by atoms with Gasteiger partial charge in [-0.2, -0.15) is 0 Å². The van der Waals surface area contributed by atoms with Crippen LogP contribution in [0.1, 0.15) is 11.1 Å². The minimum atomic E-state index is 0.652. The van der Waals surface area contributed by atoms with E-state index in [0.29, 0.717) is 12.8 Å². The SMILES string of the molecule is C#CCc1cccc2cccc(CC#C)c12. The topological polar surface area (TPSA) is 0 Å². The molecule has 0 aliphatic rings. The number of terminal acetylenes is 2. The molecule has 0 fully saturated rings. The molecule has 0 aliphatic heterocycles.